The van der Waals surface area contributed by atoms with E-state index in [-0.39, 0.29) is 0 Å². The SMILES string of the molecule is COCCOCCCNCCN1CCSCC1. The Bertz CT molecular complexity index is 167. The van der Waals surface area contributed by atoms with Gasteiger partial charge in [0, 0.05) is 51.4 Å². The number of nitrogens with zero attached hydrogens (tertiary/aromatic N) is 1. The minimum Gasteiger partial charge on any atom is -0.382 e. The molecule has 1 N–H and O–H groups in total. The molecule has 0 aromatic rings. The predicted molar refractivity (Wildman–Crippen MR) is 73.9 cm³/mol. The van der Waals surface area contributed by atoms with Crippen LogP contribution in [0.15, 0.2) is 0 Å². The number of hydrogen-bond acceptors (Lipinski definition) is 5. The first-order chi connectivity index (χ1) is 8.43. The van der Waals surface area contributed by atoms with Crippen LogP contribution in [0, 0.1) is 0 Å². The van der Waals surface area contributed by atoms with Gasteiger partial charge in [-0.15, -0.1) is 0 Å². The van der Waals surface area contributed by atoms with E-state index in [9.17, 15) is 0 Å². The lowest BCUT2D eigenvalue weighted by molar-refractivity contribution is 0.0694. The third-order valence-corrected chi connectivity index (χ3v) is 3.73. The third kappa shape index (κ3) is 8.85. The van der Waals surface area contributed by atoms with Crippen LogP contribution in [-0.4, -0.2) is 76.1 Å². The highest BCUT2D eigenvalue weighted by atomic mass is 32.2. The van der Waals surface area contributed by atoms with E-state index in [1.54, 1.807) is 7.11 Å². The zero-order valence-corrected chi connectivity index (χ0v) is 11.8. The number of thioether (sulfide) groups is 1. The van der Waals surface area contributed by atoms with Crippen molar-refractivity contribution in [3.63, 3.8) is 0 Å². The minimum atomic E-state index is 0.695. The summed E-state index contributed by atoms with van der Waals surface area (Å²) in [7, 11) is 1.70. The summed E-state index contributed by atoms with van der Waals surface area (Å²) in [5.74, 6) is 2.60. The van der Waals surface area contributed by atoms with Gasteiger partial charge in [-0.1, -0.05) is 0 Å². The van der Waals surface area contributed by atoms with Crippen LogP contribution in [0.5, 0.6) is 0 Å². The van der Waals surface area contributed by atoms with E-state index in [2.05, 4.69) is 22.0 Å². The Kier molecular flexibility index (Phi) is 10.1. The first kappa shape index (κ1) is 15.2. The largest absolute Gasteiger partial charge is 0.382 e. The molecule has 0 atom stereocenters. The lowest BCUT2D eigenvalue weighted by Gasteiger charge is -2.26. The van der Waals surface area contributed by atoms with Gasteiger partial charge in [0.05, 0.1) is 13.2 Å². The van der Waals surface area contributed by atoms with E-state index in [0.29, 0.717) is 13.2 Å². The van der Waals surface area contributed by atoms with Crippen molar-refractivity contribution >= 4 is 11.8 Å². The lowest BCUT2D eigenvalue weighted by atomic mass is 10.4. The smallest absolute Gasteiger partial charge is 0.0700 e. The van der Waals surface area contributed by atoms with Crippen LogP contribution in [0.3, 0.4) is 0 Å². The average Bonchev–Trinajstić information content (AvgIpc) is 2.38. The van der Waals surface area contributed by atoms with Gasteiger partial charge < -0.3 is 19.7 Å². The van der Waals surface area contributed by atoms with Gasteiger partial charge in [-0.2, -0.15) is 11.8 Å². The van der Waals surface area contributed by atoms with Crippen LogP contribution < -0.4 is 5.32 Å². The summed E-state index contributed by atoms with van der Waals surface area (Å²) in [4.78, 5) is 2.54. The standard InChI is InChI=1S/C12H26N2O2S/c1-15-9-10-16-8-2-3-13-4-5-14-6-11-17-12-7-14/h13H,2-12H2,1H3. The van der Waals surface area contributed by atoms with Crippen molar-refractivity contribution < 1.29 is 9.47 Å². The topological polar surface area (TPSA) is 33.7 Å². The van der Waals surface area contributed by atoms with Crippen LogP contribution in [0.4, 0.5) is 0 Å². The summed E-state index contributed by atoms with van der Waals surface area (Å²) in [5.41, 5.74) is 0. The van der Waals surface area contributed by atoms with Crippen LogP contribution >= 0.6 is 11.8 Å². The fourth-order valence-electron chi connectivity index (χ4n) is 1.73. The molecule has 0 aromatic heterocycles. The molecular formula is C12H26N2O2S. The summed E-state index contributed by atoms with van der Waals surface area (Å²) in [6, 6.07) is 0. The maximum absolute atomic E-state index is 5.39. The molecule has 1 aliphatic heterocycles. The number of rotatable bonds is 10. The molecule has 17 heavy (non-hydrogen) atoms. The monoisotopic (exact) mass is 262 g/mol. The Hall–Kier alpha value is 0.190. The summed E-state index contributed by atoms with van der Waals surface area (Å²) in [6.45, 7) is 8.08. The maximum atomic E-state index is 5.39. The summed E-state index contributed by atoms with van der Waals surface area (Å²) >= 11 is 2.07. The molecular weight excluding hydrogens is 236 g/mol. The minimum absolute atomic E-state index is 0.695. The first-order valence-corrected chi connectivity index (χ1v) is 7.66. The fraction of sp³-hybridized carbons (Fsp3) is 1.00. The fourth-order valence-corrected chi connectivity index (χ4v) is 2.71. The first-order valence-electron chi connectivity index (χ1n) is 6.51. The quantitative estimate of drug-likeness (QED) is 0.586. The Morgan fingerprint density at radius 3 is 2.71 bits per heavy atom. The Morgan fingerprint density at radius 2 is 1.94 bits per heavy atom. The molecule has 0 saturated carbocycles. The van der Waals surface area contributed by atoms with E-state index in [4.69, 9.17) is 9.47 Å². The van der Waals surface area contributed by atoms with Crippen LogP contribution in [-0.2, 0) is 9.47 Å². The highest BCUT2D eigenvalue weighted by molar-refractivity contribution is 7.99. The molecule has 0 amide bonds. The molecule has 0 unspecified atom stereocenters. The van der Waals surface area contributed by atoms with E-state index in [0.717, 1.165) is 26.1 Å². The molecule has 1 saturated heterocycles. The van der Waals surface area contributed by atoms with Crippen molar-refractivity contribution in [3.05, 3.63) is 0 Å². The summed E-state index contributed by atoms with van der Waals surface area (Å²) in [5, 5.41) is 3.46. The van der Waals surface area contributed by atoms with Crippen molar-refractivity contribution in [3.8, 4) is 0 Å². The van der Waals surface area contributed by atoms with Gasteiger partial charge in [-0.05, 0) is 13.0 Å². The van der Waals surface area contributed by atoms with E-state index in [1.807, 2.05) is 0 Å². The van der Waals surface area contributed by atoms with E-state index >= 15 is 0 Å². The molecule has 102 valence electrons. The molecule has 1 heterocycles. The molecule has 4 nitrogen and oxygen atoms in total. The molecule has 0 aliphatic carbocycles. The van der Waals surface area contributed by atoms with Gasteiger partial charge in [0.2, 0.25) is 0 Å². The van der Waals surface area contributed by atoms with Crippen LogP contribution in [0.2, 0.25) is 0 Å². The number of methoxy groups -OCH3 is 1. The molecule has 1 rings (SSSR count). The molecule has 1 aliphatic rings. The zero-order chi connectivity index (χ0) is 12.2. The summed E-state index contributed by atoms with van der Waals surface area (Å²) < 4.78 is 10.3. The highest BCUT2D eigenvalue weighted by Crippen LogP contribution is 2.07. The molecule has 0 bridgehead atoms. The average molecular weight is 262 g/mol. The zero-order valence-electron chi connectivity index (χ0n) is 11.0. The van der Waals surface area contributed by atoms with Crippen LogP contribution in [0.1, 0.15) is 6.42 Å². The normalized spacial score (nSPS) is 17.5. The van der Waals surface area contributed by atoms with Crippen LogP contribution in [0.25, 0.3) is 0 Å². The second kappa shape index (κ2) is 11.3. The number of nitrogens with one attached hydrogen (secondary N) is 1. The highest BCUT2D eigenvalue weighted by Gasteiger charge is 2.08. The van der Waals surface area contributed by atoms with Gasteiger partial charge in [0.1, 0.15) is 0 Å². The van der Waals surface area contributed by atoms with Crippen molar-refractivity contribution in [1.29, 1.82) is 0 Å². The second-order valence-corrected chi connectivity index (χ2v) is 5.39. The Morgan fingerprint density at radius 1 is 1.12 bits per heavy atom. The molecule has 1 fully saturated rings. The third-order valence-electron chi connectivity index (χ3n) is 2.78. The number of ether oxygens (including phenoxy) is 2. The van der Waals surface area contributed by atoms with Crippen molar-refractivity contribution in [2.24, 2.45) is 0 Å². The van der Waals surface area contributed by atoms with Gasteiger partial charge in [0.25, 0.3) is 0 Å². The van der Waals surface area contributed by atoms with Gasteiger partial charge in [0.15, 0.2) is 0 Å². The van der Waals surface area contributed by atoms with Crippen molar-refractivity contribution in [2.75, 3.05) is 71.2 Å². The van der Waals surface area contributed by atoms with Crippen molar-refractivity contribution in [1.82, 2.24) is 10.2 Å². The van der Waals surface area contributed by atoms with Crippen molar-refractivity contribution in [2.45, 2.75) is 6.42 Å². The Labute approximate surface area is 109 Å². The molecule has 0 spiro atoms. The second-order valence-electron chi connectivity index (χ2n) is 4.16. The summed E-state index contributed by atoms with van der Waals surface area (Å²) in [6.07, 6.45) is 1.08. The van der Waals surface area contributed by atoms with Gasteiger partial charge >= 0.3 is 0 Å². The molecule has 0 radical (unpaired) electrons. The lowest BCUT2D eigenvalue weighted by Crippen LogP contribution is -2.38. The predicted octanol–water partition coefficient (Wildman–Crippen LogP) is 0.678. The maximum Gasteiger partial charge on any atom is 0.0700 e. The van der Waals surface area contributed by atoms with E-state index < -0.39 is 0 Å². The van der Waals surface area contributed by atoms with E-state index in [1.165, 1.54) is 31.1 Å². The molecule has 5 heteroatoms. The molecule has 0 aromatic carbocycles. The van der Waals surface area contributed by atoms with Gasteiger partial charge in [-0.3, -0.25) is 0 Å². The number of hydrogen-bond donors (Lipinski definition) is 1. The Balaban J connectivity index is 1.75. The van der Waals surface area contributed by atoms with Gasteiger partial charge in [-0.25, -0.2) is 0 Å².